The number of aryl methyl sites for hydroxylation is 2. The summed E-state index contributed by atoms with van der Waals surface area (Å²) in [5, 5.41) is 8.70. The molecule has 0 radical (unpaired) electrons. The Labute approximate surface area is 262 Å². The van der Waals surface area contributed by atoms with Gasteiger partial charge >= 0.3 is 0 Å². The molecular weight excluding hydrogens is 572 g/mol. The third-order valence-electron chi connectivity index (χ3n) is 8.69. The molecule has 3 heterocycles. The summed E-state index contributed by atoms with van der Waals surface area (Å²) in [6.07, 6.45) is 7.92. The zero-order valence-corrected chi connectivity index (χ0v) is 26.9. The van der Waals surface area contributed by atoms with Crippen molar-refractivity contribution in [2.45, 2.75) is 58.0 Å². The fraction of sp³-hybridized carbons (Fsp3) is 0.382. The third kappa shape index (κ3) is 5.88. The van der Waals surface area contributed by atoms with E-state index >= 15 is 0 Å². The third-order valence-corrected chi connectivity index (χ3v) is 9.33. The summed E-state index contributed by atoms with van der Waals surface area (Å²) in [5.74, 6) is 0.859. The van der Waals surface area contributed by atoms with E-state index in [4.69, 9.17) is 4.74 Å². The largest absolute Gasteiger partial charge is 0.497 e. The first kappa shape index (κ1) is 30.0. The Hall–Kier alpha value is -4.02. The van der Waals surface area contributed by atoms with E-state index in [0.29, 0.717) is 30.1 Å². The number of nitrogens with zero attached hydrogens (tertiary/aromatic N) is 4. The van der Waals surface area contributed by atoms with Crippen molar-refractivity contribution >= 4 is 40.9 Å². The van der Waals surface area contributed by atoms with E-state index < -0.39 is 0 Å². The zero-order valence-electron chi connectivity index (χ0n) is 26.1. The molecule has 0 spiro atoms. The molecule has 1 fully saturated rings. The molecule has 0 bridgehead atoms. The van der Waals surface area contributed by atoms with Crippen LogP contribution in [0, 0.1) is 6.92 Å². The summed E-state index contributed by atoms with van der Waals surface area (Å²) in [4.78, 5) is 27.0. The molecule has 0 saturated heterocycles. The van der Waals surface area contributed by atoms with Crippen LogP contribution in [0.5, 0.6) is 5.75 Å². The van der Waals surface area contributed by atoms with Gasteiger partial charge in [-0.25, -0.2) is 4.31 Å². The Balaban J connectivity index is 1.49. The average molecular weight is 613 g/mol. The molecule has 2 aromatic heterocycles. The van der Waals surface area contributed by atoms with Crippen LogP contribution in [0.25, 0.3) is 28.2 Å². The van der Waals surface area contributed by atoms with Gasteiger partial charge in [-0.15, -0.1) is 0 Å². The van der Waals surface area contributed by atoms with E-state index in [1.165, 1.54) is 37.0 Å². The van der Waals surface area contributed by atoms with E-state index in [0.717, 1.165) is 57.7 Å². The van der Waals surface area contributed by atoms with Gasteiger partial charge in [0.25, 0.3) is 5.91 Å². The number of ether oxygens (including phenoxy) is 1. The van der Waals surface area contributed by atoms with Gasteiger partial charge in [-0.1, -0.05) is 25.3 Å². The van der Waals surface area contributed by atoms with E-state index in [1.807, 2.05) is 68.8 Å². The fourth-order valence-electron chi connectivity index (χ4n) is 6.63. The summed E-state index contributed by atoms with van der Waals surface area (Å²) in [7, 11) is 7.33. The van der Waals surface area contributed by atoms with Gasteiger partial charge in [0.1, 0.15) is 5.75 Å². The molecular formula is C34H40N6O3S. The van der Waals surface area contributed by atoms with Crippen LogP contribution in [0.1, 0.15) is 70.9 Å². The summed E-state index contributed by atoms with van der Waals surface area (Å²) in [5.41, 5.74) is 8.51. The Morgan fingerprint density at radius 2 is 1.86 bits per heavy atom. The molecule has 0 unspecified atom stereocenters. The number of aromatic nitrogens is 3. The van der Waals surface area contributed by atoms with Crippen LogP contribution >= 0.6 is 12.1 Å². The molecule has 6 rings (SSSR count). The number of nitrogens with one attached hydrogen (secondary N) is 2. The molecule has 1 saturated carbocycles. The van der Waals surface area contributed by atoms with E-state index in [2.05, 4.69) is 31.8 Å². The highest BCUT2D eigenvalue weighted by molar-refractivity contribution is 7.95. The van der Waals surface area contributed by atoms with Gasteiger partial charge in [0, 0.05) is 46.8 Å². The number of fused-ring (bicyclic) bond motifs is 5. The lowest BCUT2D eigenvalue weighted by Crippen LogP contribution is -2.27. The molecule has 2 amide bonds. The van der Waals surface area contributed by atoms with E-state index in [-0.39, 0.29) is 11.8 Å². The van der Waals surface area contributed by atoms with Gasteiger partial charge < -0.3 is 14.6 Å². The second kappa shape index (κ2) is 12.5. The maximum atomic E-state index is 13.9. The van der Waals surface area contributed by atoms with E-state index in [9.17, 15) is 9.59 Å². The van der Waals surface area contributed by atoms with Crippen molar-refractivity contribution in [3.05, 3.63) is 76.1 Å². The summed E-state index contributed by atoms with van der Waals surface area (Å²) < 4.78 is 14.4. The van der Waals surface area contributed by atoms with Crippen molar-refractivity contribution in [2.75, 3.05) is 21.2 Å². The van der Waals surface area contributed by atoms with Crippen molar-refractivity contribution < 1.29 is 14.3 Å². The first-order valence-corrected chi connectivity index (χ1v) is 16.0. The maximum Gasteiger partial charge on any atom is 0.262 e. The van der Waals surface area contributed by atoms with Crippen LogP contribution in [0.2, 0.25) is 0 Å². The Kier molecular flexibility index (Phi) is 8.55. The smallest absolute Gasteiger partial charge is 0.262 e. The highest BCUT2D eigenvalue weighted by atomic mass is 32.2. The van der Waals surface area contributed by atoms with Gasteiger partial charge in [0.2, 0.25) is 5.91 Å². The van der Waals surface area contributed by atoms with Gasteiger partial charge in [0.05, 0.1) is 37.3 Å². The number of benzene rings is 2. The van der Waals surface area contributed by atoms with Crippen LogP contribution in [-0.2, 0) is 24.9 Å². The average Bonchev–Trinajstić information content (AvgIpc) is 3.46. The van der Waals surface area contributed by atoms with Crippen molar-refractivity contribution in [3.63, 3.8) is 0 Å². The van der Waals surface area contributed by atoms with Crippen LogP contribution < -0.4 is 14.8 Å². The van der Waals surface area contributed by atoms with Crippen LogP contribution in [0.3, 0.4) is 0 Å². The molecule has 2 N–H and O–H groups in total. The van der Waals surface area contributed by atoms with Crippen molar-refractivity contribution in [1.29, 1.82) is 0 Å². The van der Waals surface area contributed by atoms with Crippen molar-refractivity contribution in [1.82, 2.24) is 28.7 Å². The maximum absolute atomic E-state index is 13.9. The number of amides is 2. The summed E-state index contributed by atoms with van der Waals surface area (Å²) in [6.45, 7) is 2.70. The number of methoxy groups -OCH3 is 1. The molecule has 230 valence electrons. The minimum absolute atomic E-state index is 0.136. The Bertz CT molecular complexity index is 1760. The highest BCUT2D eigenvalue weighted by Crippen LogP contribution is 2.47. The summed E-state index contributed by atoms with van der Waals surface area (Å²) in [6, 6.07) is 14.1. The molecule has 10 heteroatoms. The molecule has 4 aromatic rings. The topological polar surface area (TPSA) is 93.4 Å². The van der Waals surface area contributed by atoms with Crippen LogP contribution in [0.4, 0.5) is 0 Å². The normalized spacial score (nSPS) is 15.0. The summed E-state index contributed by atoms with van der Waals surface area (Å²) >= 11 is 1.25. The predicted octanol–water partition coefficient (Wildman–Crippen LogP) is 5.97. The second-order valence-corrected chi connectivity index (χ2v) is 13.1. The number of carbonyl (C=O) groups is 2. The zero-order chi connectivity index (χ0) is 31.0. The molecule has 0 atom stereocenters. The molecule has 9 nitrogen and oxygen atoms in total. The van der Waals surface area contributed by atoms with E-state index in [1.54, 1.807) is 11.8 Å². The number of rotatable bonds is 8. The van der Waals surface area contributed by atoms with Gasteiger partial charge in [-0.3, -0.25) is 19.0 Å². The number of hydrogen-bond donors (Lipinski definition) is 2. The van der Waals surface area contributed by atoms with Gasteiger partial charge in [-0.05, 0) is 93.4 Å². The quantitative estimate of drug-likeness (QED) is 0.238. The molecule has 1 aliphatic heterocycles. The van der Waals surface area contributed by atoms with Crippen LogP contribution in [0.15, 0.2) is 48.0 Å². The van der Waals surface area contributed by atoms with Crippen molar-refractivity contribution in [3.8, 4) is 17.0 Å². The van der Waals surface area contributed by atoms with Crippen LogP contribution in [-0.4, -0.2) is 51.7 Å². The lowest BCUT2D eigenvalue weighted by molar-refractivity contribution is -0.117. The fourth-order valence-corrected chi connectivity index (χ4v) is 7.01. The molecule has 2 aliphatic rings. The first-order chi connectivity index (χ1) is 21.2. The monoisotopic (exact) mass is 612 g/mol. The highest BCUT2D eigenvalue weighted by Gasteiger charge is 2.30. The first-order valence-electron chi connectivity index (χ1n) is 15.2. The second-order valence-electron chi connectivity index (χ2n) is 12.0. The molecule has 44 heavy (non-hydrogen) atoms. The lowest BCUT2D eigenvalue weighted by Gasteiger charge is -2.24. The van der Waals surface area contributed by atoms with Crippen molar-refractivity contribution in [2.24, 2.45) is 7.05 Å². The SMILES string of the molecule is COc1ccc2c(c1)C=C(C(=O)NCc1cc(C)nn1C)Cn1c-2c(C2CCCCC2)c2ccc(C(=O)NSN(C)C)cc21. The number of carbonyl (C=O) groups excluding carboxylic acids is 2. The Morgan fingerprint density at radius 3 is 2.57 bits per heavy atom. The molecule has 1 aliphatic carbocycles. The van der Waals surface area contributed by atoms with Gasteiger partial charge in [0.15, 0.2) is 0 Å². The Morgan fingerprint density at radius 1 is 1.07 bits per heavy atom. The van der Waals surface area contributed by atoms with Gasteiger partial charge in [-0.2, -0.15) is 5.10 Å². The minimum atomic E-state index is -0.154. The lowest BCUT2D eigenvalue weighted by atomic mass is 9.81. The number of hydrogen-bond acceptors (Lipinski definition) is 6. The molecule has 2 aromatic carbocycles. The standard InChI is InChI=1S/C34H40N6O3S/c1-21-15-26(39(4)36-21)19-35-33(41)25-16-24-17-27(43-5)12-14-28(24)32-31(22-9-7-6-8-10-22)29-13-11-23(18-30(29)40(32)20-25)34(42)37-44-38(2)3/h11-18,22H,6-10,19-20H2,1-5H3,(H,35,41)(H,37,42). The minimum Gasteiger partial charge on any atom is -0.497 e. The predicted molar refractivity (Wildman–Crippen MR) is 176 cm³/mol.